The average molecular weight is 487 g/mol. The number of aryl methyl sites for hydroxylation is 1. The topological polar surface area (TPSA) is 82.9 Å². The van der Waals surface area contributed by atoms with E-state index in [0.717, 1.165) is 34.2 Å². The Kier molecular flexibility index (Phi) is 8.70. The first-order valence-electron chi connectivity index (χ1n) is 11.5. The van der Waals surface area contributed by atoms with Crippen LogP contribution in [-0.4, -0.2) is 38.9 Å². The van der Waals surface area contributed by atoms with E-state index in [9.17, 15) is 23.1 Å². The SMILES string of the molecule is CC.O=C(NCCc1cccc(C(F)(F)F)c1)c1cn(CCCO)c2cc(-c3cn[nH]c3)ccc12. The van der Waals surface area contributed by atoms with Crippen LogP contribution in [0.2, 0.25) is 0 Å². The molecule has 4 rings (SSSR count). The van der Waals surface area contributed by atoms with E-state index in [1.807, 2.05) is 36.6 Å². The van der Waals surface area contributed by atoms with Gasteiger partial charge in [0.15, 0.2) is 0 Å². The van der Waals surface area contributed by atoms with Gasteiger partial charge in [0.1, 0.15) is 0 Å². The largest absolute Gasteiger partial charge is 0.416 e. The highest BCUT2D eigenvalue weighted by molar-refractivity contribution is 6.07. The fourth-order valence-electron chi connectivity index (χ4n) is 3.81. The molecule has 0 aliphatic heterocycles. The number of aliphatic hydroxyl groups is 1. The maximum atomic E-state index is 12.9. The van der Waals surface area contributed by atoms with Gasteiger partial charge in [0, 0.05) is 48.6 Å². The van der Waals surface area contributed by atoms with Crippen LogP contribution in [-0.2, 0) is 19.1 Å². The molecule has 0 saturated heterocycles. The van der Waals surface area contributed by atoms with Crippen molar-refractivity contribution in [2.24, 2.45) is 0 Å². The van der Waals surface area contributed by atoms with Gasteiger partial charge in [0.2, 0.25) is 0 Å². The third-order valence-electron chi connectivity index (χ3n) is 5.47. The Morgan fingerprint density at radius 1 is 1.14 bits per heavy atom. The quantitative estimate of drug-likeness (QED) is 0.311. The predicted octanol–water partition coefficient (Wildman–Crippen LogP) is 5.43. The summed E-state index contributed by atoms with van der Waals surface area (Å²) in [6, 6.07) is 10.9. The number of alkyl halides is 3. The van der Waals surface area contributed by atoms with Crippen LogP contribution in [0.15, 0.2) is 61.1 Å². The van der Waals surface area contributed by atoms with Crippen molar-refractivity contribution in [2.75, 3.05) is 13.2 Å². The minimum atomic E-state index is -4.40. The number of hydrogen-bond acceptors (Lipinski definition) is 3. The van der Waals surface area contributed by atoms with Crippen molar-refractivity contribution in [1.82, 2.24) is 20.1 Å². The van der Waals surface area contributed by atoms with Crippen LogP contribution in [0.25, 0.3) is 22.0 Å². The molecule has 2 heterocycles. The molecule has 2 aromatic heterocycles. The molecule has 0 atom stereocenters. The number of amides is 1. The van der Waals surface area contributed by atoms with Crippen LogP contribution in [0.3, 0.4) is 0 Å². The number of carbonyl (C=O) groups is 1. The van der Waals surface area contributed by atoms with E-state index in [0.29, 0.717) is 24.1 Å². The normalized spacial score (nSPS) is 11.3. The number of halogens is 3. The number of aromatic nitrogens is 3. The van der Waals surface area contributed by atoms with Gasteiger partial charge < -0.3 is 15.0 Å². The Morgan fingerprint density at radius 2 is 1.94 bits per heavy atom. The lowest BCUT2D eigenvalue weighted by atomic mass is 10.1. The number of benzene rings is 2. The molecular weight excluding hydrogens is 457 g/mol. The second-order valence-corrected chi connectivity index (χ2v) is 7.74. The highest BCUT2D eigenvalue weighted by Gasteiger charge is 2.30. The van der Waals surface area contributed by atoms with Gasteiger partial charge in [-0.15, -0.1) is 0 Å². The van der Waals surface area contributed by atoms with Crippen LogP contribution in [0.4, 0.5) is 13.2 Å². The Hall–Kier alpha value is -3.59. The lowest BCUT2D eigenvalue weighted by molar-refractivity contribution is -0.137. The molecule has 3 N–H and O–H groups in total. The van der Waals surface area contributed by atoms with E-state index in [4.69, 9.17) is 0 Å². The first kappa shape index (κ1) is 26.0. The van der Waals surface area contributed by atoms with E-state index in [1.54, 1.807) is 24.7 Å². The van der Waals surface area contributed by atoms with Gasteiger partial charge in [0.05, 0.1) is 17.3 Å². The van der Waals surface area contributed by atoms with Crippen molar-refractivity contribution in [1.29, 1.82) is 0 Å². The summed E-state index contributed by atoms with van der Waals surface area (Å²) in [7, 11) is 0. The van der Waals surface area contributed by atoms with E-state index < -0.39 is 11.7 Å². The number of aromatic amines is 1. The summed E-state index contributed by atoms with van der Waals surface area (Å²) in [4.78, 5) is 12.9. The highest BCUT2D eigenvalue weighted by atomic mass is 19.4. The summed E-state index contributed by atoms with van der Waals surface area (Å²) in [5.74, 6) is -0.300. The molecule has 0 radical (unpaired) electrons. The van der Waals surface area contributed by atoms with E-state index in [-0.39, 0.29) is 25.5 Å². The maximum Gasteiger partial charge on any atom is 0.416 e. The lowest BCUT2D eigenvalue weighted by Gasteiger charge is -2.09. The zero-order chi connectivity index (χ0) is 25.4. The Morgan fingerprint density at radius 3 is 2.63 bits per heavy atom. The lowest BCUT2D eigenvalue weighted by Crippen LogP contribution is -2.25. The van der Waals surface area contributed by atoms with Gasteiger partial charge in [0.25, 0.3) is 5.91 Å². The zero-order valence-electron chi connectivity index (χ0n) is 19.7. The second kappa shape index (κ2) is 11.7. The smallest absolute Gasteiger partial charge is 0.396 e. The number of aliphatic hydroxyl groups excluding tert-OH is 1. The summed E-state index contributed by atoms with van der Waals surface area (Å²) in [5.41, 5.74) is 2.98. The van der Waals surface area contributed by atoms with Crippen LogP contribution in [0, 0.1) is 0 Å². The number of hydrogen-bond donors (Lipinski definition) is 3. The Labute approximate surface area is 201 Å². The van der Waals surface area contributed by atoms with Gasteiger partial charge in [-0.1, -0.05) is 44.2 Å². The maximum absolute atomic E-state index is 12.9. The molecule has 0 aliphatic carbocycles. The minimum Gasteiger partial charge on any atom is -0.396 e. The Bertz CT molecular complexity index is 1250. The molecule has 1 amide bonds. The fourth-order valence-corrected chi connectivity index (χ4v) is 3.81. The van der Waals surface area contributed by atoms with Crippen molar-refractivity contribution in [3.63, 3.8) is 0 Å². The fraction of sp³-hybridized carbons (Fsp3) is 0.308. The van der Waals surface area contributed by atoms with Crippen molar-refractivity contribution in [2.45, 2.75) is 39.4 Å². The van der Waals surface area contributed by atoms with Crippen LogP contribution in [0.5, 0.6) is 0 Å². The molecule has 0 aliphatic rings. The third kappa shape index (κ3) is 6.30. The molecule has 186 valence electrons. The third-order valence-corrected chi connectivity index (χ3v) is 5.47. The number of fused-ring (bicyclic) bond motifs is 1. The van der Waals surface area contributed by atoms with Crippen molar-refractivity contribution in [3.8, 4) is 11.1 Å². The van der Waals surface area contributed by atoms with Crippen LogP contribution < -0.4 is 5.32 Å². The summed E-state index contributed by atoms with van der Waals surface area (Å²) in [6.07, 6.45) is 1.66. The van der Waals surface area contributed by atoms with Gasteiger partial charge >= 0.3 is 6.18 Å². The molecule has 35 heavy (non-hydrogen) atoms. The molecule has 0 fully saturated rings. The molecule has 9 heteroatoms. The molecule has 4 aromatic rings. The molecule has 6 nitrogen and oxygen atoms in total. The van der Waals surface area contributed by atoms with Crippen molar-refractivity contribution >= 4 is 16.8 Å². The van der Waals surface area contributed by atoms with Gasteiger partial charge in [-0.3, -0.25) is 9.89 Å². The molecular formula is C26H29F3N4O2. The number of H-pyrrole nitrogens is 1. The number of nitrogens with one attached hydrogen (secondary N) is 2. The Balaban J connectivity index is 0.00000167. The average Bonchev–Trinajstić information content (AvgIpc) is 3.52. The summed E-state index contributed by atoms with van der Waals surface area (Å²) in [5, 5.41) is 19.6. The first-order chi connectivity index (χ1) is 16.9. The first-order valence-corrected chi connectivity index (χ1v) is 11.5. The van der Waals surface area contributed by atoms with E-state index >= 15 is 0 Å². The summed E-state index contributed by atoms with van der Waals surface area (Å²) < 4.78 is 40.6. The number of carbonyl (C=O) groups excluding carboxylic acids is 1. The summed E-state index contributed by atoms with van der Waals surface area (Å²) in [6.45, 7) is 4.77. The molecule has 0 spiro atoms. The summed E-state index contributed by atoms with van der Waals surface area (Å²) >= 11 is 0. The standard InChI is InChI=1S/C24H23F3N4O2.C2H6/c25-24(26,27)19-4-1-3-16(11-19)7-8-28-23(33)21-15-31(9-2-10-32)22-12-17(5-6-20(21)22)18-13-29-30-14-18;1-2/h1,3-6,11-15,32H,2,7-10H2,(H,28,33)(H,29,30);1-2H3. The van der Waals surface area contributed by atoms with Crippen molar-refractivity contribution < 1.29 is 23.1 Å². The van der Waals surface area contributed by atoms with Gasteiger partial charge in [-0.2, -0.15) is 18.3 Å². The molecule has 0 unspecified atom stereocenters. The van der Waals surface area contributed by atoms with Crippen LogP contribution >= 0.6 is 0 Å². The monoisotopic (exact) mass is 486 g/mol. The molecule has 0 saturated carbocycles. The van der Waals surface area contributed by atoms with Gasteiger partial charge in [-0.25, -0.2) is 0 Å². The second-order valence-electron chi connectivity index (χ2n) is 7.74. The molecule has 2 aromatic carbocycles. The van der Waals surface area contributed by atoms with E-state index in [2.05, 4.69) is 15.5 Å². The zero-order valence-corrected chi connectivity index (χ0v) is 19.7. The molecule has 0 bridgehead atoms. The number of rotatable bonds is 8. The highest BCUT2D eigenvalue weighted by Crippen LogP contribution is 2.30. The van der Waals surface area contributed by atoms with Crippen LogP contribution in [0.1, 0.15) is 41.8 Å². The predicted molar refractivity (Wildman–Crippen MR) is 130 cm³/mol. The van der Waals surface area contributed by atoms with E-state index in [1.165, 1.54) is 6.07 Å². The number of nitrogens with zero attached hydrogens (tertiary/aromatic N) is 2. The minimum absolute atomic E-state index is 0.0274. The van der Waals surface area contributed by atoms with Gasteiger partial charge in [-0.05, 0) is 36.1 Å². The van der Waals surface area contributed by atoms with Crippen molar-refractivity contribution in [3.05, 3.63) is 77.7 Å².